The van der Waals surface area contributed by atoms with E-state index in [4.69, 9.17) is 4.74 Å². The first-order valence-electron chi connectivity index (χ1n) is 7.77. The van der Waals surface area contributed by atoms with Crippen molar-refractivity contribution in [1.29, 1.82) is 0 Å². The van der Waals surface area contributed by atoms with Crippen molar-refractivity contribution < 1.29 is 4.74 Å². The Kier molecular flexibility index (Phi) is 5.86. The third-order valence-electron chi connectivity index (χ3n) is 4.14. The fraction of sp³-hybridized carbons (Fsp3) is 0.647. The van der Waals surface area contributed by atoms with Gasteiger partial charge >= 0.3 is 0 Å². The molecule has 1 aliphatic heterocycles. The molecule has 1 aliphatic rings. The zero-order valence-electron chi connectivity index (χ0n) is 13.1. The summed E-state index contributed by atoms with van der Waals surface area (Å²) in [5.74, 6) is 0.578. The number of hydrogen-bond donors (Lipinski definition) is 1. The van der Waals surface area contributed by atoms with E-state index >= 15 is 0 Å². The van der Waals surface area contributed by atoms with Gasteiger partial charge in [-0.25, -0.2) is 0 Å². The Morgan fingerprint density at radius 3 is 2.55 bits per heavy atom. The van der Waals surface area contributed by atoms with Crippen LogP contribution < -0.4 is 10.2 Å². The lowest BCUT2D eigenvalue weighted by Crippen LogP contribution is -2.37. The molecule has 1 atom stereocenters. The van der Waals surface area contributed by atoms with Crippen molar-refractivity contribution >= 4 is 5.69 Å². The summed E-state index contributed by atoms with van der Waals surface area (Å²) in [5.41, 5.74) is 2.80. The van der Waals surface area contributed by atoms with Crippen molar-refractivity contribution in [2.24, 2.45) is 5.92 Å². The number of methoxy groups -OCH3 is 1. The van der Waals surface area contributed by atoms with Crippen molar-refractivity contribution in [3.63, 3.8) is 0 Å². The number of para-hydroxylation sites is 1. The third kappa shape index (κ3) is 3.97. The minimum atomic E-state index is 0.409. The van der Waals surface area contributed by atoms with Crippen molar-refractivity contribution in [2.75, 3.05) is 31.7 Å². The normalized spacial score (nSPS) is 16.9. The Hall–Kier alpha value is -1.06. The van der Waals surface area contributed by atoms with Gasteiger partial charge < -0.3 is 15.0 Å². The van der Waals surface area contributed by atoms with E-state index in [0.29, 0.717) is 12.0 Å². The van der Waals surface area contributed by atoms with E-state index in [-0.39, 0.29) is 0 Å². The van der Waals surface area contributed by atoms with Crippen molar-refractivity contribution in [3.05, 3.63) is 29.8 Å². The fourth-order valence-corrected chi connectivity index (χ4v) is 2.83. The molecule has 1 fully saturated rings. The van der Waals surface area contributed by atoms with E-state index in [1.165, 1.54) is 37.2 Å². The standard InChI is InChI=1S/C17H28N2O/c1-14(2)16(13-20-3)18-12-15-8-4-5-9-17(15)19-10-6-7-11-19/h4-5,8-9,14,16,18H,6-7,10-13H2,1-3H3. The van der Waals surface area contributed by atoms with Crippen LogP contribution in [-0.2, 0) is 11.3 Å². The zero-order valence-corrected chi connectivity index (χ0v) is 13.1. The highest BCUT2D eigenvalue weighted by atomic mass is 16.5. The third-order valence-corrected chi connectivity index (χ3v) is 4.14. The molecule has 1 unspecified atom stereocenters. The minimum absolute atomic E-state index is 0.409. The van der Waals surface area contributed by atoms with Gasteiger partial charge in [0.05, 0.1) is 6.61 Å². The monoisotopic (exact) mass is 276 g/mol. The van der Waals surface area contributed by atoms with E-state index in [2.05, 4.69) is 48.3 Å². The molecule has 0 radical (unpaired) electrons. The highest BCUT2D eigenvalue weighted by molar-refractivity contribution is 5.54. The quantitative estimate of drug-likeness (QED) is 0.828. The van der Waals surface area contributed by atoms with Gasteiger partial charge in [0.1, 0.15) is 0 Å². The first-order chi connectivity index (χ1) is 9.72. The summed E-state index contributed by atoms with van der Waals surface area (Å²) in [6.45, 7) is 8.56. The first-order valence-corrected chi connectivity index (χ1v) is 7.77. The van der Waals surface area contributed by atoms with Crippen LogP contribution in [0.1, 0.15) is 32.3 Å². The molecule has 0 spiro atoms. The van der Waals surface area contributed by atoms with Crippen LogP contribution in [0.25, 0.3) is 0 Å². The van der Waals surface area contributed by atoms with Crippen LogP contribution >= 0.6 is 0 Å². The van der Waals surface area contributed by atoms with Crippen LogP contribution in [0.4, 0.5) is 5.69 Å². The number of hydrogen-bond acceptors (Lipinski definition) is 3. The maximum absolute atomic E-state index is 5.31. The Morgan fingerprint density at radius 2 is 1.90 bits per heavy atom. The smallest absolute Gasteiger partial charge is 0.0618 e. The summed E-state index contributed by atoms with van der Waals surface area (Å²) in [7, 11) is 1.77. The van der Waals surface area contributed by atoms with Gasteiger partial charge in [-0.1, -0.05) is 32.0 Å². The summed E-state index contributed by atoms with van der Waals surface area (Å²) in [5, 5.41) is 3.65. The average molecular weight is 276 g/mol. The van der Waals surface area contributed by atoms with Crippen LogP contribution in [0.2, 0.25) is 0 Å². The summed E-state index contributed by atoms with van der Waals surface area (Å²) in [6.07, 6.45) is 2.64. The molecule has 3 nitrogen and oxygen atoms in total. The van der Waals surface area contributed by atoms with Crippen molar-refractivity contribution in [1.82, 2.24) is 5.32 Å². The zero-order chi connectivity index (χ0) is 14.4. The van der Waals surface area contributed by atoms with Crippen LogP contribution in [0, 0.1) is 5.92 Å². The molecule has 20 heavy (non-hydrogen) atoms. The Labute approximate surface area is 123 Å². The number of rotatable bonds is 7. The maximum Gasteiger partial charge on any atom is 0.0618 e. The predicted molar refractivity (Wildman–Crippen MR) is 85.2 cm³/mol. The fourth-order valence-electron chi connectivity index (χ4n) is 2.83. The second kappa shape index (κ2) is 7.65. The first kappa shape index (κ1) is 15.3. The number of ether oxygens (including phenoxy) is 1. The van der Waals surface area contributed by atoms with Gasteiger partial charge in [0.15, 0.2) is 0 Å². The largest absolute Gasteiger partial charge is 0.383 e. The molecule has 0 amide bonds. The average Bonchev–Trinajstić information content (AvgIpc) is 2.97. The molecule has 1 aromatic carbocycles. The highest BCUT2D eigenvalue weighted by Gasteiger charge is 2.17. The second-order valence-electron chi connectivity index (χ2n) is 6.01. The molecule has 2 rings (SSSR count). The molecule has 0 bridgehead atoms. The molecule has 1 aromatic rings. The van der Waals surface area contributed by atoms with E-state index in [9.17, 15) is 0 Å². The molecule has 1 N–H and O–H groups in total. The summed E-state index contributed by atoms with van der Waals surface area (Å²) in [6, 6.07) is 9.18. The number of nitrogens with one attached hydrogen (secondary N) is 1. The number of anilines is 1. The molecule has 0 saturated carbocycles. The molecule has 0 aliphatic carbocycles. The Bertz CT molecular complexity index is 400. The van der Waals surface area contributed by atoms with Crippen LogP contribution in [0.15, 0.2) is 24.3 Å². The molecule has 3 heteroatoms. The van der Waals surface area contributed by atoms with Gasteiger partial charge in [-0.3, -0.25) is 0 Å². The second-order valence-corrected chi connectivity index (χ2v) is 6.01. The van der Waals surface area contributed by atoms with E-state index in [0.717, 1.165) is 13.2 Å². The van der Waals surface area contributed by atoms with E-state index in [1.54, 1.807) is 7.11 Å². The van der Waals surface area contributed by atoms with Gasteiger partial charge in [0.2, 0.25) is 0 Å². The highest BCUT2D eigenvalue weighted by Crippen LogP contribution is 2.24. The van der Waals surface area contributed by atoms with Crippen molar-refractivity contribution in [3.8, 4) is 0 Å². The lowest BCUT2D eigenvalue weighted by molar-refractivity contribution is 0.146. The Balaban J connectivity index is 2.01. The SMILES string of the molecule is COCC(NCc1ccccc1N1CCCC1)C(C)C. The molecule has 1 saturated heterocycles. The predicted octanol–water partition coefficient (Wildman–Crippen LogP) is 3.05. The van der Waals surface area contributed by atoms with Gasteiger partial charge in [-0.2, -0.15) is 0 Å². The van der Waals surface area contributed by atoms with Gasteiger partial charge in [-0.05, 0) is 30.4 Å². The summed E-state index contributed by atoms with van der Waals surface area (Å²) >= 11 is 0. The Morgan fingerprint density at radius 1 is 1.20 bits per heavy atom. The molecule has 112 valence electrons. The topological polar surface area (TPSA) is 24.5 Å². The number of nitrogens with zero attached hydrogens (tertiary/aromatic N) is 1. The van der Waals surface area contributed by atoms with E-state index in [1.807, 2.05) is 0 Å². The summed E-state index contributed by atoms with van der Waals surface area (Å²) in [4.78, 5) is 2.51. The summed E-state index contributed by atoms with van der Waals surface area (Å²) < 4.78 is 5.31. The molecule has 1 heterocycles. The lowest BCUT2D eigenvalue weighted by atomic mass is 10.0. The lowest BCUT2D eigenvalue weighted by Gasteiger charge is -2.25. The molecular weight excluding hydrogens is 248 g/mol. The van der Waals surface area contributed by atoms with Crippen LogP contribution in [0.5, 0.6) is 0 Å². The van der Waals surface area contributed by atoms with Crippen molar-refractivity contribution in [2.45, 2.75) is 39.3 Å². The van der Waals surface area contributed by atoms with Gasteiger partial charge in [-0.15, -0.1) is 0 Å². The van der Waals surface area contributed by atoms with Crippen LogP contribution in [-0.4, -0.2) is 32.8 Å². The van der Waals surface area contributed by atoms with Gasteiger partial charge in [0.25, 0.3) is 0 Å². The maximum atomic E-state index is 5.31. The van der Waals surface area contributed by atoms with Gasteiger partial charge in [0, 0.05) is 38.5 Å². The molecule has 0 aromatic heterocycles. The molecular formula is C17H28N2O. The number of benzene rings is 1. The minimum Gasteiger partial charge on any atom is -0.383 e. The van der Waals surface area contributed by atoms with E-state index < -0.39 is 0 Å². The van der Waals surface area contributed by atoms with Crippen LogP contribution in [0.3, 0.4) is 0 Å².